The van der Waals surface area contributed by atoms with Crippen molar-refractivity contribution in [2.75, 3.05) is 39.5 Å². The molecule has 0 bridgehead atoms. The summed E-state index contributed by atoms with van der Waals surface area (Å²) in [6, 6.07) is 3.08. The van der Waals surface area contributed by atoms with E-state index in [0.29, 0.717) is 23.6 Å². The molecule has 0 amide bonds. The standard InChI is InChI=1S/C19H28F2N6O3/c1-25(2)8-11-7-19(20,21)5-6-26(11)9-14-15(28)16(29)17(30-14)12-3-4-13-18(22)23-10-24-27(12)13/h3-4,10-11,14-17,28-29H,5-9H2,1-2H3,(H2,22,23,24)/t11-,14?,15+,16+,17-/m0/s1. The van der Waals surface area contributed by atoms with E-state index in [1.54, 1.807) is 12.1 Å². The molecule has 0 saturated carbocycles. The molecule has 2 fully saturated rings. The number of likely N-dealkylation sites (N-methyl/N-ethyl adjacent to an activating group) is 1. The molecule has 0 radical (unpaired) electrons. The Kier molecular flexibility index (Phi) is 5.66. The number of hydrogen-bond acceptors (Lipinski definition) is 8. The SMILES string of the molecule is CN(C)C[C@@H]1CC(F)(F)CCN1CC1O[C@@H](c2ccc3c(N)ncnn23)[C@H](O)[C@@H]1O. The third kappa shape index (κ3) is 4.00. The third-order valence-electron chi connectivity index (χ3n) is 5.97. The molecule has 2 aromatic rings. The highest BCUT2D eigenvalue weighted by molar-refractivity contribution is 5.65. The van der Waals surface area contributed by atoms with E-state index in [9.17, 15) is 19.0 Å². The lowest BCUT2D eigenvalue weighted by Crippen LogP contribution is -2.54. The molecule has 30 heavy (non-hydrogen) atoms. The minimum absolute atomic E-state index is 0.205. The average molecular weight is 426 g/mol. The van der Waals surface area contributed by atoms with Crippen molar-refractivity contribution in [1.29, 1.82) is 0 Å². The molecule has 5 atom stereocenters. The van der Waals surface area contributed by atoms with Crippen LogP contribution in [0.2, 0.25) is 0 Å². The normalized spacial score (nSPS) is 32.3. The van der Waals surface area contributed by atoms with E-state index in [2.05, 4.69) is 10.1 Å². The van der Waals surface area contributed by atoms with Crippen molar-refractivity contribution < 1.29 is 23.7 Å². The van der Waals surface area contributed by atoms with Crippen molar-refractivity contribution >= 4 is 11.3 Å². The number of nitrogens with two attached hydrogens (primary N) is 1. The molecular weight excluding hydrogens is 398 g/mol. The number of nitrogens with zero attached hydrogens (tertiary/aromatic N) is 5. The van der Waals surface area contributed by atoms with Crippen LogP contribution in [0.5, 0.6) is 0 Å². The van der Waals surface area contributed by atoms with Crippen LogP contribution in [0.15, 0.2) is 18.5 Å². The maximum atomic E-state index is 14.0. The first-order valence-electron chi connectivity index (χ1n) is 10.0. The number of hydrogen-bond donors (Lipinski definition) is 3. The molecule has 4 rings (SSSR count). The van der Waals surface area contributed by atoms with Crippen molar-refractivity contribution in [2.45, 2.75) is 49.2 Å². The monoisotopic (exact) mass is 426 g/mol. The quantitative estimate of drug-likeness (QED) is 0.619. The molecule has 2 aliphatic rings. The molecule has 4 heterocycles. The fourth-order valence-electron chi connectivity index (χ4n) is 4.47. The number of aliphatic hydroxyl groups is 2. The van der Waals surface area contributed by atoms with E-state index in [0.717, 1.165) is 0 Å². The van der Waals surface area contributed by atoms with Gasteiger partial charge in [-0.2, -0.15) is 5.10 Å². The van der Waals surface area contributed by atoms with Gasteiger partial charge in [-0.3, -0.25) is 4.90 Å². The largest absolute Gasteiger partial charge is 0.388 e. The van der Waals surface area contributed by atoms with Crippen LogP contribution in [0.3, 0.4) is 0 Å². The third-order valence-corrected chi connectivity index (χ3v) is 5.97. The maximum Gasteiger partial charge on any atom is 0.250 e. The van der Waals surface area contributed by atoms with Crippen LogP contribution in [-0.4, -0.2) is 98.6 Å². The van der Waals surface area contributed by atoms with Crippen LogP contribution in [-0.2, 0) is 4.74 Å². The van der Waals surface area contributed by atoms with Crippen molar-refractivity contribution in [3.05, 3.63) is 24.2 Å². The van der Waals surface area contributed by atoms with Crippen molar-refractivity contribution in [3.63, 3.8) is 0 Å². The molecule has 4 N–H and O–H groups in total. The Bertz CT molecular complexity index is 894. The highest BCUT2D eigenvalue weighted by Gasteiger charge is 2.47. The number of rotatable bonds is 5. The first kappa shape index (κ1) is 21.3. The van der Waals surface area contributed by atoms with Gasteiger partial charge in [-0.15, -0.1) is 0 Å². The number of likely N-dealkylation sites (tertiary alicyclic amines) is 1. The summed E-state index contributed by atoms with van der Waals surface area (Å²) in [5.74, 6) is -2.40. The first-order valence-corrected chi connectivity index (χ1v) is 10.0. The van der Waals surface area contributed by atoms with Gasteiger partial charge in [0.1, 0.15) is 30.2 Å². The second-order valence-corrected chi connectivity index (χ2v) is 8.50. The molecule has 2 aromatic heterocycles. The summed E-state index contributed by atoms with van der Waals surface area (Å²) < 4.78 is 35.5. The molecule has 0 aromatic carbocycles. The highest BCUT2D eigenvalue weighted by atomic mass is 19.3. The van der Waals surface area contributed by atoms with E-state index < -0.39 is 30.3 Å². The number of piperidine rings is 1. The Balaban J connectivity index is 1.52. The topological polar surface area (TPSA) is 112 Å². The Labute approximate surface area is 173 Å². The Morgan fingerprint density at radius 2 is 2.07 bits per heavy atom. The van der Waals surface area contributed by atoms with Crippen LogP contribution in [0, 0.1) is 0 Å². The van der Waals surface area contributed by atoms with Crippen molar-refractivity contribution in [3.8, 4) is 0 Å². The highest BCUT2D eigenvalue weighted by Crippen LogP contribution is 2.37. The minimum Gasteiger partial charge on any atom is -0.388 e. The van der Waals surface area contributed by atoms with Crippen LogP contribution in [0.1, 0.15) is 24.6 Å². The predicted molar refractivity (Wildman–Crippen MR) is 105 cm³/mol. The summed E-state index contributed by atoms with van der Waals surface area (Å²) in [6.07, 6.45) is -3.03. The summed E-state index contributed by atoms with van der Waals surface area (Å²) in [4.78, 5) is 7.74. The molecule has 0 spiro atoms. The number of ether oxygens (including phenoxy) is 1. The number of aliphatic hydroxyl groups excluding tert-OH is 2. The Morgan fingerprint density at radius 1 is 1.30 bits per heavy atom. The molecule has 2 aliphatic heterocycles. The van der Waals surface area contributed by atoms with E-state index in [-0.39, 0.29) is 32.0 Å². The van der Waals surface area contributed by atoms with E-state index in [1.807, 2.05) is 23.9 Å². The summed E-state index contributed by atoms with van der Waals surface area (Å²) in [7, 11) is 3.69. The van der Waals surface area contributed by atoms with E-state index in [4.69, 9.17) is 10.5 Å². The van der Waals surface area contributed by atoms with Gasteiger partial charge in [0.25, 0.3) is 5.92 Å². The van der Waals surface area contributed by atoms with Gasteiger partial charge in [-0.25, -0.2) is 18.3 Å². The van der Waals surface area contributed by atoms with Crippen molar-refractivity contribution in [2.24, 2.45) is 0 Å². The van der Waals surface area contributed by atoms with Gasteiger partial charge in [0.15, 0.2) is 5.82 Å². The zero-order valence-electron chi connectivity index (χ0n) is 17.0. The zero-order valence-corrected chi connectivity index (χ0v) is 17.0. The van der Waals surface area contributed by atoms with Gasteiger partial charge in [-0.05, 0) is 26.2 Å². The van der Waals surface area contributed by atoms with E-state index >= 15 is 0 Å². The summed E-state index contributed by atoms with van der Waals surface area (Å²) in [5.41, 5.74) is 6.98. The van der Waals surface area contributed by atoms with Crippen molar-refractivity contribution in [1.82, 2.24) is 24.4 Å². The predicted octanol–water partition coefficient (Wildman–Crippen LogP) is 0.135. The Hall–Kier alpha value is -1.92. The number of alkyl halides is 2. The summed E-state index contributed by atoms with van der Waals surface area (Å²) in [5, 5.41) is 25.4. The fourth-order valence-corrected chi connectivity index (χ4v) is 4.47. The molecular formula is C19H28F2N6O3. The number of fused-ring (bicyclic) bond motifs is 1. The van der Waals surface area contributed by atoms with Gasteiger partial charge in [0, 0.05) is 38.5 Å². The van der Waals surface area contributed by atoms with Crippen LogP contribution in [0.4, 0.5) is 14.6 Å². The summed E-state index contributed by atoms with van der Waals surface area (Å²) in [6.45, 7) is 0.935. The lowest BCUT2D eigenvalue weighted by atomic mass is 9.96. The molecule has 2 saturated heterocycles. The van der Waals surface area contributed by atoms with Crippen LogP contribution in [0.25, 0.3) is 5.52 Å². The molecule has 11 heteroatoms. The maximum absolute atomic E-state index is 14.0. The lowest BCUT2D eigenvalue weighted by Gasteiger charge is -2.41. The number of nitrogen functional groups attached to an aromatic ring is 1. The number of anilines is 1. The number of aromatic nitrogens is 3. The second kappa shape index (κ2) is 7.97. The molecule has 166 valence electrons. The van der Waals surface area contributed by atoms with Gasteiger partial charge < -0.3 is 25.6 Å². The zero-order chi connectivity index (χ0) is 21.6. The van der Waals surface area contributed by atoms with Crippen LogP contribution >= 0.6 is 0 Å². The molecule has 0 aliphatic carbocycles. The Morgan fingerprint density at radius 3 is 2.80 bits per heavy atom. The summed E-state index contributed by atoms with van der Waals surface area (Å²) >= 11 is 0. The number of halogens is 2. The fraction of sp³-hybridized carbons (Fsp3) is 0.684. The molecule has 1 unspecified atom stereocenters. The van der Waals surface area contributed by atoms with Crippen LogP contribution < -0.4 is 5.73 Å². The second-order valence-electron chi connectivity index (χ2n) is 8.50. The average Bonchev–Trinajstić information content (AvgIpc) is 3.20. The van der Waals surface area contributed by atoms with Gasteiger partial charge in [0.05, 0.1) is 11.8 Å². The van der Waals surface area contributed by atoms with E-state index in [1.165, 1.54) is 10.8 Å². The molecule has 9 nitrogen and oxygen atoms in total. The smallest absolute Gasteiger partial charge is 0.250 e. The van der Waals surface area contributed by atoms with Gasteiger partial charge >= 0.3 is 0 Å². The first-order chi connectivity index (χ1) is 14.2. The lowest BCUT2D eigenvalue weighted by molar-refractivity contribution is -0.0974. The minimum atomic E-state index is -2.70. The van der Waals surface area contributed by atoms with Gasteiger partial charge in [0.2, 0.25) is 0 Å². The van der Waals surface area contributed by atoms with Gasteiger partial charge in [-0.1, -0.05) is 0 Å².